The van der Waals surface area contributed by atoms with Gasteiger partial charge in [-0.05, 0) is 42.2 Å². The molecule has 1 saturated carbocycles. The Hall–Kier alpha value is -1.11. The Kier molecular flexibility index (Phi) is 4.28. The third-order valence-corrected chi connectivity index (χ3v) is 3.58. The molecule has 0 aromatic heterocycles. The van der Waals surface area contributed by atoms with E-state index in [1.807, 2.05) is 6.08 Å². The van der Waals surface area contributed by atoms with Gasteiger partial charge in [0.15, 0.2) is 0 Å². The van der Waals surface area contributed by atoms with Crippen LogP contribution in [0.15, 0.2) is 41.6 Å². The van der Waals surface area contributed by atoms with Crippen molar-refractivity contribution in [3.63, 3.8) is 0 Å². The average Bonchev–Trinajstić information content (AvgIpc) is 2.68. The Morgan fingerprint density at radius 3 is 2.56 bits per heavy atom. The summed E-state index contributed by atoms with van der Waals surface area (Å²) in [5, 5.41) is 0. The van der Waals surface area contributed by atoms with E-state index in [2.05, 4.69) is 38.9 Å². The van der Waals surface area contributed by atoms with Gasteiger partial charge < -0.3 is 0 Å². The van der Waals surface area contributed by atoms with Crippen molar-refractivity contribution in [2.45, 2.75) is 46.5 Å². The third-order valence-electron chi connectivity index (χ3n) is 3.58. The lowest BCUT2D eigenvalue weighted by molar-refractivity contribution is 0.437. The molecular weight excluding hydrogens is 194 g/mol. The Balaban J connectivity index is 3.22. The summed E-state index contributed by atoms with van der Waals surface area (Å²) < 4.78 is 0. The molecule has 1 fully saturated rings. The van der Waals surface area contributed by atoms with Crippen LogP contribution in [0.5, 0.6) is 0 Å². The topological polar surface area (TPSA) is 12.4 Å². The van der Waals surface area contributed by atoms with Gasteiger partial charge in [-0.3, -0.25) is 4.99 Å². The second-order valence-electron chi connectivity index (χ2n) is 4.95. The molecule has 0 bridgehead atoms. The fraction of sp³-hybridized carbons (Fsp3) is 0.533. The highest BCUT2D eigenvalue weighted by Crippen LogP contribution is 2.37. The zero-order valence-corrected chi connectivity index (χ0v) is 10.8. The second kappa shape index (κ2) is 5.29. The van der Waals surface area contributed by atoms with E-state index in [4.69, 9.17) is 0 Å². The molecule has 0 aliphatic heterocycles. The molecule has 0 spiro atoms. The van der Waals surface area contributed by atoms with Gasteiger partial charge in [0.2, 0.25) is 0 Å². The summed E-state index contributed by atoms with van der Waals surface area (Å²) in [6.07, 6.45) is 8.22. The van der Waals surface area contributed by atoms with E-state index in [0.717, 1.165) is 19.3 Å². The SMILES string of the molecule is C=CN=C1CCC/C1=C(/C=C)C(C)(C)CC. The molecule has 0 saturated heterocycles. The van der Waals surface area contributed by atoms with Crippen LogP contribution in [0.2, 0.25) is 0 Å². The zero-order chi connectivity index (χ0) is 12.2. The minimum absolute atomic E-state index is 0.198. The molecule has 0 heterocycles. The molecule has 16 heavy (non-hydrogen) atoms. The summed E-state index contributed by atoms with van der Waals surface area (Å²) in [7, 11) is 0. The predicted molar refractivity (Wildman–Crippen MR) is 72.8 cm³/mol. The van der Waals surface area contributed by atoms with Gasteiger partial charge in [0.1, 0.15) is 0 Å². The van der Waals surface area contributed by atoms with Crippen molar-refractivity contribution in [1.29, 1.82) is 0 Å². The summed E-state index contributed by atoms with van der Waals surface area (Å²) in [6, 6.07) is 0. The molecule has 1 rings (SSSR count). The number of allylic oxidation sites excluding steroid dienone is 3. The van der Waals surface area contributed by atoms with Gasteiger partial charge in [-0.2, -0.15) is 0 Å². The van der Waals surface area contributed by atoms with Gasteiger partial charge in [-0.25, -0.2) is 0 Å². The number of aliphatic imine (C=N–C) groups is 1. The lowest BCUT2D eigenvalue weighted by Crippen LogP contribution is -2.15. The summed E-state index contributed by atoms with van der Waals surface area (Å²) in [4.78, 5) is 4.40. The molecule has 1 heteroatoms. The molecule has 0 atom stereocenters. The van der Waals surface area contributed by atoms with Crippen molar-refractivity contribution in [3.05, 3.63) is 36.6 Å². The molecular formula is C15H23N. The Labute approximate surface area is 99.7 Å². The maximum atomic E-state index is 4.40. The van der Waals surface area contributed by atoms with Crippen LogP contribution < -0.4 is 0 Å². The van der Waals surface area contributed by atoms with E-state index in [1.54, 1.807) is 6.20 Å². The number of nitrogens with zero attached hydrogens (tertiary/aromatic N) is 1. The Bertz CT molecular complexity index is 342. The van der Waals surface area contributed by atoms with Gasteiger partial charge >= 0.3 is 0 Å². The van der Waals surface area contributed by atoms with Gasteiger partial charge in [0.05, 0.1) is 0 Å². The van der Waals surface area contributed by atoms with Crippen LogP contribution in [-0.4, -0.2) is 5.71 Å². The van der Waals surface area contributed by atoms with Gasteiger partial charge in [-0.15, -0.1) is 0 Å². The standard InChI is InChI=1S/C15H23N/c1-6-13(15(4,5)7-2)12-10-9-11-14(12)16-8-3/h6,8H,1,3,7,9-11H2,2,4-5H3/b13-12+,16-14?. The van der Waals surface area contributed by atoms with Gasteiger partial charge in [0, 0.05) is 11.9 Å². The summed E-state index contributed by atoms with van der Waals surface area (Å²) >= 11 is 0. The molecule has 0 unspecified atom stereocenters. The van der Waals surface area contributed by atoms with Crippen molar-refractivity contribution >= 4 is 5.71 Å². The normalized spacial score (nSPS) is 22.3. The molecule has 0 aromatic carbocycles. The number of rotatable bonds is 4. The van der Waals surface area contributed by atoms with Gasteiger partial charge in [-0.1, -0.05) is 40.0 Å². The molecule has 1 aliphatic rings. The smallest absolute Gasteiger partial charge is 0.0438 e. The van der Waals surface area contributed by atoms with Crippen LogP contribution in [0.4, 0.5) is 0 Å². The van der Waals surface area contributed by atoms with Crippen molar-refractivity contribution < 1.29 is 0 Å². The summed E-state index contributed by atoms with van der Waals surface area (Å²) in [5.74, 6) is 0. The number of hydrogen-bond donors (Lipinski definition) is 0. The van der Waals surface area contributed by atoms with Crippen LogP contribution in [0.1, 0.15) is 46.5 Å². The highest BCUT2D eigenvalue weighted by molar-refractivity contribution is 6.03. The first-order valence-electron chi connectivity index (χ1n) is 6.10. The molecule has 1 aliphatic carbocycles. The second-order valence-corrected chi connectivity index (χ2v) is 4.95. The fourth-order valence-electron chi connectivity index (χ4n) is 2.27. The maximum Gasteiger partial charge on any atom is 0.0438 e. The highest BCUT2D eigenvalue weighted by Gasteiger charge is 2.26. The van der Waals surface area contributed by atoms with Crippen molar-refractivity contribution in [2.24, 2.45) is 10.4 Å². The molecule has 0 amide bonds. The lowest BCUT2D eigenvalue weighted by Gasteiger charge is -2.26. The van der Waals surface area contributed by atoms with E-state index in [9.17, 15) is 0 Å². The van der Waals surface area contributed by atoms with Crippen LogP contribution in [0.3, 0.4) is 0 Å². The van der Waals surface area contributed by atoms with E-state index in [0.29, 0.717) is 0 Å². The summed E-state index contributed by atoms with van der Waals surface area (Å²) in [6.45, 7) is 14.4. The van der Waals surface area contributed by atoms with E-state index in [1.165, 1.54) is 23.3 Å². The van der Waals surface area contributed by atoms with Crippen molar-refractivity contribution in [2.75, 3.05) is 0 Å². The van der Waals surface area contributed by atoms with E-state index in [-0.39, 0.29) is 5.41 Å². The largest absolute Gasteiger partial charge is 0.262 e. The summed E-state index contributed by atoms with van der Waals surface area (Å²) in [5.41, 5.74) is 4.19. The monoisotopic (exact) mass is 217 g/mol. The van der Waals surface area contributed by atoms with Gasteiger partial charge in [0.25, 0.3) is 0 Å². The molecule has 88 valence electrons. The van der Waals surface area contributed by atoms with Crippen LogP contribution in [-0.2, 0) is 0 Å². The van der Waals surface area contributed by atoms with Crippen LogP contribution >= 0.6 is 0 Å². The average molecular weight is 217 g/mol. The Morgan fingerprint density at radius 1 is 1.38 bits per heavy atom. The first-order valence-corrected chi connectivity index (χ1v) is 6.10. The van der Waals surface area contributed by atoms with E-state index >= 15 is 0 Å². The third kappa shape index (κ3) is 2.52. The molecule has 0 radical (unpaired) electrons. The Morgan fingerprint density at radius 2 is 2.06 bits per heavy atom. The fourth-order valence-corrected chi connectivity index (χ4v) is 2.27. The molecule has 1 nitrogen and oxygen atoms in total. The number of hydrogen-bond acceptors (Lipinski definition) is 1. The highest BCUT2D eigenvalue weighted by atomic mass is 14.7. The van der Waals surface area contributed by atoms with Crippen LogP contribution in [0.25, 0.3) is 0 Å². The van der Waals surface area contributed by atoms with E-state index < -0.39 is 0 Å². The quantitative estimate of drug-likeness (QED) is 0.648. The zero-order valence-electron chi connectivity index (χ0n) is 10.8. The minimum Gasteiger partial charge on any atom is -0.262 e. The van der Waals surface area contributed by atoms with Crippen molar-refractivity contribution in [1.82, 2.24) is 0 Å². The first-order chi connectivity index (χ1) is 7.56. The predicted octanol–water partition coefficient (Wildman–Crippen LogP) is 4.67. The lowest BCUT2D eigenvalue weighted by atomic mass is 9.78. The van der Waals surface area contributed by atoms with Crippen molar-refractivity contribution in [3.8, 4) is 0 Å². The maximum absolute atomic E-state index is 4.40. The minimum atomic E-state index is 0.198. The molecule has 0 aromatic rings. The first kappa shape index (κ1) is 13.0. The van der Waals surface area contributed by atoms with Crippen LogP contribution in [0, 0.1) is 5.41 Å². The molecule has 0 N–H and O–H groups in total.